The Balaban J connectivity index is 2.72. The maximum Gasteiger partial charge on any atom is 0.172 e. The molecule has 0 aliphatic rings. The fraction of sp³-hybridized carbons (Fsp3) is 0.562. The Morgan fingerprint density at radius 1 is 1.28 bits per heavy atom. The lowest BCUT2D eigenvalue weighted by molar-refractivity contribution is -0.124. The highest BCUT2D eigenvalue weighted by molar-refractivity contribution is 5.82. The molecule has 0 saturated heterocycles. The second-order valence-electron chi connectivity index (χ2n) is 5.24. The summed E-state index contributed by atoms with van der Waals surface area (Å²) in [5.41, 5.74) is 2.32. The zero-order valence-corrected chi connectivity index (χ0v) is 12.1. The molecule has 2 nitrogen and oxygen atoms in total. The van der Waals surface area contributed by atoms with Crippen molar-refractivity contribution in [3.05, 3.63) is 29.3 Å². The molecule has 0 aromatic heterocycles. The van der Waals surface area contributed by atoms with Crippen LogP contribution in [0.3, 0.4) is 0 Å². The molecule has 0 N–H and O–H groups in total. The van der Waals surface area contributed by atoms with E-state index in [9.17, 15) is 4.79 Å². The van der Waals surface area contributed by atoms with E-state index in [4.69, 9.17) is 4.74 Å². The number of ether oxygens (including phenoxy) is 1. The van der Waals surface area contributed by atoms with E-state index in [0.29, 0.717) is 5.92 Å². The molecule has 100 valence electrons. The Kier molecular flexibility index (Phi) is 5.39. The van der Waals surface area contributed by atoms with E-state index in [-0.39, 0.29) is 18.3 Å². The fourth-order valence-electron chi connectivity index (χ4n) is 1.65. The molecule has 1 aromatic rings. The van der Waals surface area contributed by atoms with Crippen LogP contribution in [-0.4, -0.2) is 12.4 Å². The van der Waals surface area contributed by atoms with Crippen molar-refractivity contribution in [1.82, 2.24) is 0 Å². The van der Waals surface area contributed by atoms with Crippen molar-refractivity contribution in [3.8, 4) is 5.75 Å². The van der Waals surface area contributed by atoms with E-state index in [1.54, 1.807) is 0 Å². The van der Waals surface area contributed by atoms with Crippen LogP contribution in [0.5, 0.6) is 5.75 Å². The van der Waals surface area contributed by atoms with Crippen molar-refractivity contribution in [2.24, 2.45) is 5.92 Å². The predicted molar refractivity (Wildman–Crippen MR) is 75.2 cm³/mol. The predicted octanol–water partition coefficient (Wildman–Crippen LogP) is 4.11. The van der Waals surface area contributed by atoms with E-state index in [1.807, 2.05) is 26.8 Å². The molecule has 0 amide bonds. The normalized spacial score (nSPS) is 12.6. The summed E-state index contributed by atoms with van der Waals surface area (Å²) in [5, 5.41) is 0. The molecule has 0 radical (unpaired) electrons. The first-order chi connectivity index (χ1) is 8.45. The number of carbonyl (C=O) groups is 1. The first-order valence-corrected chi connectivity index (χ1v) is 6.71. The van der Waals surface area contributed by atoms with Gasteiger partial charge in [-0.05, 0) is 36.5 Å². The minimum atomic E-state index is 0.0820. The summed E-state index contributed by atoms with van der Waals surface area (Å²) >= 11 is 0. The van der Waals surface area contributed by atoms with E-state index < -0.39 is 0 Å². The summed E-state index contributed by atoms with van der Waals surface area (Å²) in [6.45, 7) is 10.5. The van der Waals surface area contributed by atoms with Gasteiger partial charge < -0.3 is 4.74 Å². The number of hydrogen-bond acceptors (Lipinski definition) is 2. The fourth-order valence-corrected chi connectivity index (χ4v) is 1.65. The van der Waals surface area contributed by atoms with Crippen molar-refractivity contribution in [2.45, 2.75) is 47.0 Å². The van der Waals surface area contributed by atoms with Gasteiger partial charge in [-0.25, -0.2) is 0 Å². The van der Waals surface area contributed by atoms with Gasteiger partial charge in [0.15, 0.2) is 5.78 Å². The van der Waals surface area contributed by atoms with Gasteiger partial charge in [-0.2, -0.15) is 0 Å². The van der Waals surface area contributed by atoms with Gasteiger partial charge in [-0.15, -0.1) is 0 Å². The Labute approximate surface area is 110 Å². The van der Waals surface area contributed by atoms with Crippen molar-refractivity contribution in [3.63, 3.8) is 0 Å². The average Bonchev–Trinajstić information content (AvgIpc) is 2.36. The van der Waals surface area contributed by atoms with E-state index in [2.05, 4.69) is 26.0 Å². The zero-order chi connectivity index (χ0) is 13.7. The molecule has 2 heteroatoms. The van der Waals surface area contributed by atoms with Gasteiger partial charge in [0.25, 0.3) is 0 Å². The largest absolute Gasteiger partial charge is 0.486 e. The summed E-state index contributed by atoms with van der Waals surface area (Å²) in [7, 11) is 0. The third-order valence-corrected chi connectivity index (χ3v) is 3.41. The van der Waals surface area contributed by atoms with Crippen molar-refractivity contribution in [1.29, 1.82) is 0 Å². The van der Waals surface area contributed by atoms with E-state index >= 15 is 0 Å². The molecule has 0 spiro atoms. The highest BCUT2D eigenvalue weighted by Gasteiger charge is 2.12. The second kappa shape index (κ2) is 6.58. The van der Waals surface area contributed by atoms with Crippen LogP contribution >= 0.6 is 0 Å². The van der Waals surface area contributed by atoms with Crippen molar-refractivity contribution >= 4 is 5.78 Å². The molecule has 1 atom stereocenters. The molecule has 0 aliphatic heterocycles. The van der Waals surface area contributed by atoms with E-state index in [0.717, 1.165) is 17.7 Å². The Morgan fingerprint density at radius 3 is 2.50 bits per heavy atom. The van der Waals surface area contributed by atoms with Gasteiger partial charge in [0.2, 0.25) is 0 Å². The number of ketones is 1. The maximum absolute atomic E-state index is 11.8. The van der Waals surface area contributed by atoms with Crippen molar-refractivity contribution in [2.75, 3.05) is 6.61 Å². The molecule has 0 saturated carbocycles. The quantitative estimate of drug-likeness (QED) is 0.757. The van der Waals surface area contributed by atoms with Gasteiger partial charge in [-0.1, -0.05) is 39.8 Å². The minimum absolute atomic E-state index is 0.0820. The Morgan fingerprint density at radius 2 is 1.94 bits per heavy atom. The van der Waals surface area contributed by atoms with Crippen LogP contribution in [-0.2, 0) is 4.79 Å². The van der Waals surface area contributed by atoms with Gasteiger partial charge in [0.05, 0.1) is 0 Å². The molecular weight excluding hydrogens is 224 g/mol. The number of rotatable bonds is 6. The van der Waals surface area contributed by atoms with Gasteiger partial charge in [0, 0.05) is 5.92 Å². The van der Waals surface area contributed by atoms with Crippen LogP contribution < -0.4 is 4.74 Å². The lowest BCUT2D eigenvalue weighted by Crippen LogP contribution is -2.19. The molecule has 1 unspecified atom stereocenters. The standard InChI is InChI=1S/C16H24O2/c1-6-12(4)15(17)10-18-16-9-14(11(2)3)8-7-13(16)5/h7-9,11-12H,6,10H2,1-5H3. The first kappa shape index (κ1) is 14.7. The minimum Gasteiger partial charge on any atom is -0.486 e. The van der Waals surface area contributed by atoms with Crippen LogP contribution in [0.2, 0.25) is 0 Å². The molecular formula is C16H24O2. The highest BCUT2D eigenvalue weighted by atomic mass is 16.5. The maximum atomic E-state index is 11.8. The van der Waals surface area contributed by atoms with Crippen LogP contribution in [0.4, 0.5) is 0 Å². The van der Waals surface area contributed by atoms with Crippen LogP contribution in [0, 0.1) is 12.8 Å². The highest BCUT2D eigenvalue weighted by Crippen LogP contribution is 2.24. The van der Waals surface area contributed by atoms with Gasteiger partial charge in [-0.3, -0.25) is 4.79 Å². The zero-order valence-electron chi connectivity index (χ0n) is 12.1. The molecule has 0 bridgehead atoms. The number of Topliss-reactive ketones (excluding diaryl/α,β-unsaturated/α-hetero) is 1. The molecule has 1 rings (SSSR count). The Bertz CT molecular complexity index is 408. The summed E-state index contributed by atoms with van der Waals surface area (Å²) in [4.78, 5) is 11.8. The lowest BCUT2D eigenvalue weighted by atomic mass is 10.0. The first-order valence-electron chi connectivity index (χ1n) is 6.71. The smallest absolute Gasteiger partial charge is 0.172 e. The molecule has 0 aliphatic carbocycles. The van der Waals surface area contributed by atoms with Crippen LogP contribution in [0.25, 0.3) is 0 Å². The van der Waals surface area contributed by atoms with Gasteiger partial charge in [0.1, 0.15) is 12.4 Å². The SMILES string of the molecule is CCC(C)C(=O)COc1cc(C(C)C)ccc1C. The average molecular weight is 248 g/mol. The van der Waals surface area contributed by atoms with E-state index in [1.165, 1.54) is 5.56 Å². The molecule has 0 fully saturated rings. The second-order valence-corrected chi connectivity index (χ2v) is 5.24. The number of hydrogen-bond donors (Lipinski definition) is 0. The summed E-state index contributed by atoms with van der Waals surface area (Å²) in [6, 6.07) is 6.21. The monoisotopic (exact) mass is 248 g/mol. The molecule has 18 heavy (non-hydrogen) atoms. The van der Waals surface area contributed by atoms with Crippen LogP contribution in [0.1, 0.15) is 51.2 Å². The third-order valence-electron chi connectivity index (χ3n) is 3.41. The molecule has 0 heterocycles. The number of aryl methyl sites for hydroxylation is 1. The summed E-state index contributed by atoms with van der Waals surface area (Å²) in [6.07, 6.45) is 0.868. The Hall–Kier alpha value is -1.31. The van der Waals surface area contributed by atoms with Crippen LogP contribution in [0.15, 0.2) is 18.2 Å². The van der Waals surface area contributed by atoms with Gasteiger partial charge >= 0.3 is 0 Å². The summed E-state index contributed by atoms with van der Waals surface area (Å²) < 4.78 is 5.66. The summed E-state index contributed by atoms with van der Waals surface area (Å²) in [5.74, 6) is 1.56. The number of carbonyl (C=O) groups excluding carboxylic acids is 1. The molecule has 1 aromatic carbocycles. The number of benzene rings is 1. The van der Waals surface area contributed by atoms with Crippen molar-refractivity contribution < 1.29 is 9.53 Å². The lowest BCUT2D eigenvalue weighted by Gasteiger charge is -2.13. The topological polar surface area (TPSA) is 26.3 Å². The third kappa shape index (κ3) is 3.86.